The minimum absolute atomic E-state index is 0.133. The number of pyridine rings is 1. The van der Waals surface area contributed by atoms with Crippen molar-refractivity contribution in [2.24, 2.45) is 0 Å². The number of carbonyl (C=O) groups excluding carboxylic acids is 1. The van der Waals surface area contributed by atoms with Crippen LogP contribution in [0.1, 0.15) is 28.4 Å². The maximum Gasteiger partial charge on any atom is 0.255 e. The SMILES string of the molecule is CCc1ccc(NC(=O)c2ccc(Cn3cccn3)cc2)cc1-c1ccccn1. The molecule has 0 fully saturated rings. The second-order valence-corrected chi connectivity index (χ2v) is 6.80. The molecular weight excluding hydrogens is 360 g/mol. The largest absolute Gasteiger partial charge is 0.322 e. The maximum atomic E-state index is 12.7. The number of hydrogen-bond donors (Lipinski definition) is 1. The molecule has 2 heterocycles. The van der Waals surface area contributed by atoms with E-state index < -0.39 is 0 Å². The number of aryl methyl sites for hydroxylation is 1. The molecule has 4 aromatic rings. The normalized spacial score (nSPS) is 10.7. The van der Waals surface area contributed by atoms with Gasteiger partial charge in [-0.05, 0) is 60.0 Å². The minimum Gasteiger partial charge on any atom is -0.322 e. The molecule has 0 radical (unpaired) electrons. The lowest BCUT2D eigenvalue weighted by Crippen LogP contribution is -2.12. The average Bonchev–Trinajstić information content (AvgIpc) is 3.28. The molecule has 0 saturated heterocycles. The summed E-state index contributed by atoms with van der Waals surface area (Å²) < 4.78 is 1.85. The first kappa shape index (κ1) is 18.6. The van der Waals surface area contributed by atoms with Crippen molar-refractivity contribution in [3.05, 3.63) is 102 Å². The molecular formula is C24H22N4O. The first-order chi connectivity index (χ1) is 14.2. The van der Waals surface area contributed by atoms with Gasteiger partial charge in [0.05, 0.1) is 12.2 Å². The molecule has 0 atom stereocenters. The van der Waals surface area contributed by atoms with Gasteiger partial charge in [-0.15, -0.1) is 0 Å². The first-order valence-electron chi connectivity index (χ1n) is 9.65. The second-order valence-electron chi connectivity index (χ2n) is 6.80. The molecule has 144 valence electrons. The van der Waals surface area contributed by atoms with Crippen molar-refractivity contribution in [2.75, 3.05) is 5.32 Å². The Labute approximate surface area is 170 Å². The lowest BCUT2D eigenvalue weighted by Gasteiger charge is -2.12. The summed E-state index contributed by atoms with van der Waals surface area (Å²) in [5, 5.41) is 7.20. The van der Waals surface area contributed by atoms with E-state index in [2.05, 4.69) is 22.3 Å². The molecule has 4 rings (SSSR count). The number of carbonyl (C=O) groups is 1. The van der Waals surface area contributed by atoms with E-state index >= 15 is 0 Å². The Balaban J connectivity index is 1.51. The molecule has 0 bridgehead atoms. The molecule has 1 amide bonds. The summed E-state index contributed by atoms with van der Waals surface area (Å²) in [7, 11) is 0. The molecule has 5 nitrogen and oxygen atoms in total. The molecule has 0 unspecified atom stereocenters. The summed E-state index contributed by atoms with van der Waals surface area (Å²) >= 11 is 0. The van der Waals surface area contributed by atoms with E-state index in [1.807, 2.05) is 77.6 Å². The fourth-order valence-electron chi connectivity index (χ4n) is 3.27. The van der Waals surface area contributed by atoms with E-state index in [1.54, 1.807) is 12.4 Å². The number of nitrogens with zero attached hydrogens (tertiary/aromatic N) is 3. The number of benzene rings is 2. The smallest absolute Gasteiger partial charge is 0.255 e. The van der Waals surface area contributed by atoms with Crippen molar-refractivity contribution in [1.82, 2.24) is 14.8 Å². The summed E-state index contributed by atoms with van der Waals surface area (Å²) in [6, 6.07) is 21.3. The van der Waals surface area contributed by atoms with E-state index in [-0.39, 0.29) is 5.91 Å². The molecule has 2 aromatic carbocycles. The number of aromatic nitrogens is 3. The van der Waals surface area contributed by atoms with Crippen LogP contribution in [-0.2, 0) is 13.0 Å². The zero-order valence-electron chi connectivity index (χ0n) is 16.2. The standard InChI is InChI=1S/C24H22N4O/c1-2-19-11-12-21(16-22(19)23-6-3-4-13-25-23)27-24(29)20-9-7-18(8-10-20)17-28-15-5-14-26-28/h3-16H,2,17H2,1H3,(H,27,29). The van der Waals surface area contributed by atoms with Gasteiger partial charge in [0.15, 0.2) is 0 Å². The molecule has 0 spiro atoms. The Morgan fingerprint density at radius 1 is 1.00 bits per heavy atom. The second kappa shape index (κ2) is 8.52. The predicted octanol–water partition coefficient (Wildman–Crippen LogP) is 4.81. The van der Waals surface area contributed by atoms with Crippen LogP contribution in [0.4, 0.5) is 5.69 Å². The third-order valence-electron chi connectivity index (χ3n) is 4.81. The molecule has 5 heteroatoms. The van der Waals surface area contributed by atoms with Crippen molar-refractivity contribution in [1.29, 1.82) is 0 Å². The van der Waals surface area contributed by atoms with Gasteiger partial charge in [-0.1, -0.05) is 31.2 Å². The van der Waals surface area contributed by atoms with Crippen LogP contribution in [-0.4, -0.2) is 20.7 Å². The molecule has 0 aliphatic heterocycles. The summed E-state index contributed by atoms with van der Waals surface area (Å²) in [6.07, 6.45) is 6.35. The van der Waals surface area contributed by atoms with Gasteiger partial charge in [-0.2, -0.15) is 5.10 Å². The van der Waals surface area contributed by atoms with Crippen LogP contribution in [0.3, 0.4) is 0 Å². The Hall–Kier alpha value is -3.73. The van der Waals surface area contributed by atoms with Gasteiger partial charge >= 0.3 is 0 Å². The lowest BCUT2D eigenvalue weighted by atomic mass is 10.0. The molecule has 0 aliphatic carbocycles. The third-order valence-corrected chi connectivity index (χ3v) is 4.81. The number of nitrogens with one attached hydrogen (secondary N) is 1. The average molecular weight is 382 g/mol. The number of rotatable bonds is 6. The Bertz CT molecular complexity index is 1090. The van der Waals surface area contributed by atoms with Crippen LogP contribution in [0.15, 0.2) is 85.3 Å². The molecule has 29 heavy (non-hydrogen) atoms. The topological polar surface area (TPSA) is 59.8 Å². The summed E-state index contributed by atoms with van der Waals surface area (Å²) in [5.41, 5.74) is 5.62. The summed E-state index contributed by atoms with van der Waals surface area (Å²) in [6.45, 7) is 2.80. The van der Waals surface area contributed by atoms with Gasteiger partial charge < -0.3 is 5.32 Å². The van der Waals surface area contributed by atoms with Gasteiger partial charge in [0.2, 0.25) is 0 Å². The highest BCUT2D eigenvalue weighted by Crippen LogP contribution is 2.26. The predicted molar refractivity (Wildman–Crippen MR) is 115 cm³/mol. The van der Waals surface area contributed by atoms with Crippen molar-refractivity contribution >= 4 is 11.6 Å². The van der Waals surface area contributed by atoms with Crippen LogP contribution >= 0.6 is 0 Å². The van der Waals surface area contributed by atoms with E-state index in [1.165, 1.54) is 5.56 Å². The lowest BCUT2D eigenvalue weighted by molar-refractivity contribution is 0.102. The highest BCUT2D eigenvalue weighted by atomic mass is 16.1. The van der Waals surface area contributed by atoms with Crippen LogP contribution in [0.5, 0.6) is 0 Å². The van der Waals surface area contributed by atoms with Gasteiger partial charge in [-0.3, -0.25) is 14.5 Å². The molecule has 0 saturated carbocycles. The fraction of sp³-hybridized carbons (Fsp3) is 0.125. The molecule has 1 N–H and O–H groups in total. The van der Waals surface area contributed by atoms with E-state index in [0.29, 0.717) is 12.1 Å². The zero-order chi connectivity index (χ0) is 20.1. The van der Waals surface area contributed by atoms with E-state index in [0.717, 1.165) is 28.9 Å². The minimum atomic E-state index is -0.133. The molecule has 2 aromatic heterocycles. The van der Waals surface area contributed by atoms with Crippen molar-refractivity contribution < 1.29 is 4.79 Å². The van der Waals surface area contributed by atoms with Crippen LogP contribution < -0.4 is 5.32 Å². The van der Waals surface area contributed by atoms with E-state index in [4.69, 9.17) is 0 Å². The van der Waals surface area contributed by atoms with Gasteiger partial charge in [0.25, 0.3) is 5.91 Å². The number of amides is 1. The molecule has 0 aliphatic rings. The Morgan fingerprint density at radius 2 is 1.86 bits per heavy atom. The van der Waals surface area contributed by atoms with E-state index in [9.17, 15) is 4.79 Å². The summed E-state index contributed by atoms with van der Waals surface area (Å²) in [4.78, 5) is 17.2. The monoisotopic (exact) mass is 382 g/mol. The Kier molecular flexibility index (Phi) is 5.47. The van der Waals surface area contributed by atoms with Gasteiger partial charge in [0, 0.05) is 35.4 Å². The van der Waals surface area contributed by atoms with Crippen molar-refractivity contribution in [3.63, 3.8) is 0 Å². The highest BCUT2D eigenvalue weighted by Gasteiger charge is 2.10. The third kappa shape index (κ3) is 4.41. The van der Waals surface area contributed by atoms with Crippen LogP contribution in [0.2, 0.25) is 0 Å². The van der Waals surface area contributed by atoms with Gasteiger partial charge in [-0.25, -0.2) is 0 Å². The summed E-state index contributed by atoms with van der Waals surface area (Å²) in [5.74, 6) is -0.133. The maximum absolute atomic E-state index is 12.7. The highest BCUT2D eigenvalue weighted by molar-refractivity contribution is 6.04. The van der Waals surface area contributed by atoms with Crippen LogP contribution in [0, 0.1) is 0 Å². The van der Waals surface area contributed by atoms with Gasteiger partial charge in [0.1, 0.15) is 0 Å². The zero-order valence-corrected chi connectivity index (χ0v) is 16.2. The van der Waals surface area contributed by atoms with Crippen molar-refractivity contribution in [2.45, 2.75) is 19.9 Å². The van der Waals surface area contributed by atoms with Crippen molar-refractivity contribution in [3.8, 4) is 11.3 Å². The Morgan fingerprint density at radius 3 is 2.55 bits per heavy atom. The fourth-order valence-corrected chi connectivity index (χ4v) is 3.27. The number of anilines is 1. The quantitative estimate of drug-likeness (QED) is 0.521. The van der Waals surface area contributed by atoms with Crippen LogP contribution in [0.25, 0.3) is 11.3 Å². The first-order valence-corrected chi connectivity index (χ1v) is 9.65. The number of hydrogen-bond acceptors (Lipinski definition) is 3.